The van der Waals surface area contributed by atoms with Gasteiger partial charge in [0.2, 0.25) is 0 Å². The minimum Gasteiger partial charge on any atom is -0.481 e. The number of hydrogen-bond donors (Lipinski definition) is 1. The Bertz CT molecular complexity index is 516. The molecule has 1 aromatic rings. The van der Waals surface area contributed by atoms with Crippen molar-refractivity contribution in [1.82, 2.24) is 0 Å². The van der Waals surface area contributed by atoms with Gasteiger partial charge in [0, 0.05) is 5.02 Å². The van der Waals surface area contributed by atoms with Crippen LogP contribution in [0.25, 0.3) is 0 Å². The Kier molecular flexibility index (Phi) is 3.30. The average molecular weight is 279 g/mol. The molecule has 0 aliphatic heterocycles. The van der Waals surface area contributed by atoms with Gasteiger partial charge in [-0.3, -0.25) is 4.79 Å². The van der Waals surface area contributed by atoms with Crippen LogP contribution in [0.4, 0.5) is 0 Å². The number of carbonyl (C=O) groups is 1. The lowest BCUT2D eigenvalue weighted by Crippen LogP contribution is -2.33. The van der Waals surface area contributed by atoms with E-state index in [0.29, 0.717) is 0 Å². The van der Waals surface area contributed by atoms with Crippen LogP contribution in [0.5, 0.6) is 0 Å². The van der Waals surface area contributed by atoms with E-state index >= 15 is 0 Å². The number of aryl methyl sites for hydroxylation is 1. The Hall–Kier alpha value is -1.02. The molecule has 0 unspecified atom stereocenters. The number of halogens is 1. The summed E-state index contributed by atoms with van der Waals surface area (Å²) in [6.45, 7) is 0. The van der Waals surface area contributed by atoms with Crippen LogP contribution >= 0.6 is 11.6 Å². The molecule has 1 fully saturated rings. The van der Waals surface area contributed by atoms with E-state index in [1.165, 1.54) is 24.0 Å². The standard InChI is InChI=1S/C16H19ClO2/c17-14-10-12(9-11-5-1-2-6-13(11)14)16(15(18)19)7-3-4-8-16/h9-10H,1-8H2,(H,18,19). The number of fused-ring (bicyclic) bond motifs is 1. The zero-order chi connectivity index (χ0) is 13.5. The van der Waals surface area contributed by atoms with E-state index in [9.17, 15) is 9.90 Å². The lowest BCUT2D eigenvalue weighted by molar-refractivity contribution is -0.143. The highest BCUT2D eigenvalue weighted by Crippen LogP contribution is 2.43. The molecule has 0 saturated heterocycles. The monoisotopic (exact) mass is 278 g/mol. The lowest BCUT2D eigenvalue weighted by atomic mass is 9.76. The minimum atomic E-state index is -0.684. The zero-order valence-corrected chi connectivity index (χ0v) is 11.8. The van der Waals surface area contributed by atoms with Crippen molar-refractivity contribution in [3.63, 3.8) is 0 Å². The molecule has 2 aliphatic rings. The summed E-state index contributed by atoms with van der Waals surface area (Å²) in [6.07, 6.45) is 7.95. The largest absolute Gasteiger partial charge is 0.481 e. The van der Waals surface area contributed by atoms with Crippen molar-refractivity contribution in [2.75, 3.05) is 0 Å². The van der Waals surface area contributed by atoms with Crippen LogP contribution in [0, 0.1) is 0 Å². The molecule has 0 bridgehead atoms. The van der Waals surface area contributed by atoms with Gasteiger partial charge in [0.25, 0.3) is 0 Å². The van der Waals surface area contributed by atoms with Crippen LogP contribution in [-0.4, -0.2) is 11.1 Å². The first-order valence-corrected chi connectivity index (χ1v) is 7.56. The number of aliphatic carboxylic acids is 1. The summed E-state index contributed by atoms with van der Waals surface area (Å²) in [5.74, 6) is -0.683. The van der Waals surface area contributed by atoms with Crippen LogP contribution in [0.2, 0.25) is 5.02 Å². The molecule has 2 nitrogen and oxygen atoms in total. The number of rotatable bonds is 2. The normalized spacial score (nSPS) is 21.1. The molecule has 102 valence electrons. The summed E-state index contributed by atoms with van der Waals surface area (Å²) < 4.78 is 0. The van der Waals surface area contributed by atoms with Crippen LogP contribution in [-0.2, 0) is 23.1 Å². The molecule has 1 N–H and O–H groups in total. The molecule has 0 radical (unpaired) electrons. The van der Waals surface area contributed by atoms with Gasteiger partial charge < -0.3 is 5.11 Å². The predicted molar refractivity (Wildman–Crippen MR) is 75.9 cm³/mol. The summed E-state index contributed by atoms with van der Waals surface area (Å²) in [5, 5.41) is 10.4. The molecular weight excluding hydrogens is 260 g/mol. The number of hydrogen-bond acceptors (Lipinski definition) is 1. The second-order valence-corrected chi connectivity index (χ2v) is 6.30. The van der Waals surface area contributed by atoms with E-state index in [0.717, 1.165) is 49.1 Å². The van der Waals surface area contributed by atoms with Gasteiger partial charge >= 0.3 is 5.97 Å². The highest BCUT2D eigenvalue weighted by atomic mass is 35.5. The second-order valence-electron chi connectivity index (χ2n) is 5.90. The fraction of sp³-hybridized carbons (Fsp3) is 0.562. The Morgan fingerprint density at radius 3 is 2.47 bits per heavy atom. The van der Waals surface area contributed by atoms with Crippen molar-refractivity contribution in [2.45, 2.75) is 56.8 Å². The maximum absolute atomic E-state index is 11.8. The minimum absolute atomic E-state index is 0.683. The van der Waals surface area contributed by atoms with Gasteiger partial charge in [-0.05, 0) is 61.3 Å². The van der Waals surface area contributed by atoms with E-state index in [1.807, 2.05) is 6.07 Å². The van der Waals surface area contributed by atoms with Crippen LogP contribution in [0.3, 0.4) is 0 Å². The quantitative estimate of drug-likeness (QED) is 0.884. The SMILES string of the molecule is O=C(O)C1(c2cc(Cl)c3c(c2)CCCC3)CCCC1. The van der Waals surface area contributed by atoms with E-state index in [-0.39, 0.29) is 0 Å². The first kappa shape index (κ1) is 13.0. The average Bonchev–Trinajstić information content (AvgIpc) is 2.89. The van der Waals surface area contributed by atoms with Crippen molar-refractivity contribution >= 4 is 17.6 Å². The van der Waals surface area contributed by atoms with Crippen molar-refractivity contribution in [2.24, 2.45) is 0 Å². The molecule has 1 saturated carbocycles. The molecule has 0 aromatic heterocycles. The fourth-order valence-corrected chi connectivity index (χ4v) is 4.03. The Morgan fingerprint density at radius 2 is 1.79 bits per heavy atom. The van der Waals surface area contributed by atoms with Gasteiger partial charge in [-0.25, -0.2) is 0 Å². The van der Waals surface area contributed by atoms with Crippen molar-refractivity contribution < 1.29 is 9.90 Å². The Balaban J connectivity index is 2.10. The molecule has 19 heavy (non-hydrogen) atoms. The predicted octanol–water partition coefficient (Wildman–Crippen LogP) is 4.12. The maximum Gasteiger partial charge on any atom is 0.314 e. The summed E-state index contributed by atoms with van der Waals surface area (Å²) in [5.41, 5.74) is 2.77. The molecular formula is C16H19ClO2. The van der Waals surface area contributed by atoms with E-state index in [1.54, 1.807) is 0 Å². The lowest BCUT2D eigenvalue weighted by Gasteiger charge is -2.27. The molecule has 0 atom stereocenters. The topological polar surface area (TPSA) is 37.3 Å². The third-order valence-electron chi connectivity index (χ3n) is 4.83. The molecule has 0 spiro atoms. The second kappa shape index (κ2) is 4.82. The maximum atomic E-state index is 11.8. The van der Waals surface area contributed by atoms with Crippen molar-refractivity contribution in [3.8, 4) is 0 Å². The van der Waals surface area contributed by atoms with Gasteiger partial charge in [0.15, 0.2) is 0 Å². The first-order chi connectivity index (χ1) is 9.13. The van der Waals surface area contributed by atoms with E-state index in [4.69, 9.17) is 11.6 Å². The van der Waals surface area contributed by atoms with E-state index < -0.39 is 11.4 Å². The highest BCUT2D eigenvalue weighted by molar-refractivity contribution is 6.31. The van der Waals surface area contributed by atoms with Gasteiger partial charge in [-0.1, -0.05) is 30.5 Å². The summed E-state index contributed by atoms with van der Waals surface area (Å²) >= 11 is 6.40. The molecule has 3 rings (SSSR count). The zero-order valence-electron chi connectivity index (χ0n) is 11.0. The van der Waals surface area contributed by atoms with Gasteiger partial charge in [-0.15, -0.1) is 0 Å². The third kappa shape index (κ3) is 2.06. The molecule has 0 heterocycles. The molecule has 1 aromatic carbocycles. The van der Waals surface area contributed by atoms with Gasteiger partial charge in [0.05, 0.1) is 5.41 Å². The summed E-state index contributed by atoms with van der Waals surface area (Å²) in [4.78, 5) is 11.8. The van der Waals surface area contributed by atoms with Crippen LogP contribution in [0.15, 0.2) is 12.1 Å². The third-order valence-corrected chi connectivity index (χ3v) is 5.17. The van der Waals surface area contributed by atoms with Gasteiger partial charge in [-0.2, -0.15) is 0 Å². The number of carboxylic acid groups (broad SMARTS) is 1. The van der Waals surface area contributed by atoms with Crippen molar-refractivity contribution in [1.29, 1.82) is 0 Å². The number of carboxylic acids is 1. The van der Waals surface area contributed by atoms with E-state index in [2.05, 4.69) is 6.07 Å². The van der Waals surface area contributed by atoms with Crippen molar-refractivity contribution in [3.05, 3.63) is 33.8 Å². The Morgan fingerprint density at radius 1 is 1.11 bits per heavy atom. The summed E-state index contributed by atoms with van der Waals surface area (Å²) in [7, 11) is 0. The molecule has 2 aliphatic carbocycles. The van der Waals surface area contributed by atoms with Crippen LogP contribution in [0.1, 0.15) is 55.2 Å². The fourth-order valence-electron chi connectivity index (χ4n) is 3.69. The van der Waals surface area contributed by atoms with Crippen LogP contribution < -0.4 is 0 Å². The number of benzene rings is 1. The molecule has 3 heteroatoms. The van der Waals surface area contributed by atoms with Gasteiger partial charge in [0.1, 0.15) is 0 Å². The summed E-state index contributed by atoms with van der Waals surface area (Å²) in [6, 6.07) is 4.05. The highest BCUT2D eigenvalue weighted by Gasteiger charge is 2.43. The first-order valence-electron chi connectivity index (χ1n) is 7.19. The Labute approximate surface area is 118 Å². The molecule has 0 amide bonds. The smallest absolute Gasteiger partial charge is 0.314 e.